The number of thiocarbonyl (C=S) groups is 1. The number of fused-ring (bicyclic) bond motifs is 1. The molecule has 3 N–H and O–H groups in total. The minimum Gasteiger partial charge on any atom is -0.508 e. The van der Waals surface area contributed by atoms with E-state index in [1.54, 1.807) is 18.2 Å². The van der Waals surface area contributed by atoms with Gasteiger partial charge in [-0.3, -0.25) is 0 Å². The Hall–Kier alpha value is -2.34. The molecule has 0 aliphatic carbocycles. The smallest absolute Gasteiger partial charge is 0.185 e. The first-order valence-electron chi connectivity index (χ1n) is 9.05. The number of phenols is 1. The molecule has 0 bridgehead atoms. The highest BCUT2D eigenvalue weighted by atomic mass is 32.1. The minimum atomic E-state index is -0.772. The molecule has 2 heterocycles. The van der Waals surface area contributed by atoms with Gasteiger partial charge in [0.05, 0.1) is 0 Å². The quantitative estimate of drug-likeness (QED) is 0.645. The number of ether oxygens (including phenoxy) is 1. The van der Waals surface area contributed by atoms with Crippen LogP contribution in [-0.4, -0.2) is 21.5 Å². The van der Waals surface area contributed by atoms with Gasteiger partial charge in [0.25, 0.3) is 0 Å². The molecule has 1 fully saturated rings. The Morgan fingerprint density at radius 3 is 2.67 bits per heavy atom. The van der Waals surface area contributed by atoms with Gasteiger partial charge in [-0.05, 0) is 56.2 Å². The van der Waals surface area contributed by atoms with Crippen LogP contribution in [0.15, 0.2) is 36.4 Å². The standard InChI is InChI=1S/C21H23FN2O2S/c1-12-8-13(25)9-17-18(12)15(14-6-4-5-7-16(14)22)10-21(26-17)11-20(2,3)23-19(27)24-21/h4-9,15,25H,10-11H2,1-3H3,(H2,23,24,27)/t15-,21-/m0/s1. The Labute approximate surface area is 163 Å². The SMILES string of the molecule is Cc1cc(O)cc2c1[C@H](c1ccccc1F)C[C@@]1(CC(C)(C)NC(=S)N1)O2. The van der Waals surface area contributed by atoms with Crippen molar-refractivity contribution in [2.75, 3.05) is 0 Å². The summed E-state index contributed by atoms with van der Waals surface area (Å²) in [5, 5.41) is 17.2. The maximum Gasteiger partial charge on any atom is 0.185 e. The van der Waals surface area contributed by atoms with Gasteiger partial charge in [0, 0.05) is 35.9 Å². The number of nitrogens with one attached hydrogen (secondary N) is 2. The van der Waals surface area contributed by atoms with Gasteiger partial charge in [-0.2, -0.15) is 0 Å². The van der Waals surface area contributed by atoms with Gasteiger partial charge in [0.1, 0.15) is 17.3 Å². The first kappa shape index (κ1) is 18.0. The fourth-order valence-corrected chi connectivity index (χ4v) is 4.98. The van der Waals surface area contributed by atoms with Gasteiger partial charge in [-0.1, -0.05) is 18.2 Å². The van der Waals surface area contributed by atoms with E-state index in [-0.39, 0.29) is 23.0 Å². The van der Waals surface area contributed by atoms with E-state index in [1.165, 1.54) is 6.07 Å². The average Bonchev–Trinajstić information content (AvgIpc) is 2.51. The molecule has 2 aromatic rings. The summed E-state index contributed by atoms with van der Waals surface area (Å²) < 4.78 is 21.1. The summed E-state index contributed by atoms with van der Waals surface area (Å²) in [5.74, 6) is 0.250. The van der Waals surface area contributed by atoms with E-state index in [4.69, 9.17) is 17.0 Å². The van der Waals surface area contributed by atoms with Gasteiger partial charge in [0.2, 0.25) is 0 Å². The number of halogens is 1. The van der Waals surface area contributed by atoms with Crippen molar-refractivity contribution in [3.8, 4) is 11.5 Å². The average molecular weight is 386 g/mol. The number of aryl methyl sites for hydroxylation is 1. The predicted molar refractivity (Wildman–Crippen MR) is 107 cm³/mol. The molecule has 2 aromatic carbocycles. The lowest BCUT2D eigenvalue weighted by Gasteiger charge is -2.50. The molecule has 0 saturated carbocycles. The Bertz CT molecular complexity index is 930. The third kappa shape index (κ3) is 3.23. The first-order chi connectivity index (χ1) is 12.7. The second-order valence-electron chi connectivity index (χ2n) is 8.19. The number of hydrogen-bond donors (Lipinski definition) is 3. The minimum absolute atomic E-state index is 0.131. The van der Waals surface area contributed by atoms with Crippen LogP contribution in [-0.2, 0) is 0 Å². The van der Waals surface area contributed by atoms with Crippen LogP contribution in [0.5, 0.6) is 11.5 Å². The fourth-order valence-electron chi connectivity index (χ4n) is 4.52. The van der Waals surface area contributed by atoms with Gasteiger partial charge in [0.15, 0.2) is 10.8 Å². The lowest BCUT2D eigenvalue weighted by Crippen LogP contribution is -2.69. The molecule has 4 nitrogen and oxygen atoms in total. The Kier molecular flexibility index (Phi) is 4.07. The van der Waals surface area contributed by atoms with Gasteiger partial charge >= 0.3 is 0 Å². The number of rotatable bonds is 1. The van der Waals surface area contributed by atoms with Crippen molar-refractivity contribution in [2.24, 2.45) is 0 Å². The molecule has 142 valence electrons. The van der Waals surface area contributed by atoms with Crippen molar-refractivity contribution in [1.82, 2.24) is 10.6 Å². The van der Waals surface area contributed by atoms with Crippen molar-refractivity contribution < 1.29 is 14.2 Å². The van der Waals surface area contributed by atoms with Crippen LogP contribution in [0.3, 0.4) is 0 Å². The highest BCUT2D eigenvalue weighted by Gasteiger charge is 2.49. The molecule has 1 spiro atoms. The van der Waals surface area contributed by atoms with E-state index < -0.39 is 5.72 Å². The normalized spacial score (nSPS) is 25.9. The molecular weight excluding hydrogens is 363 g/mol. The third-order valence-corrected chi connectivity index (χ3v) is 5.53. The topological polar surface area (TPSA) is 53.5 Å². The number of aromatic hydroxyl groups is 1. The summed E-state index contributed by atoms with van der Waals surface area (Å²) in [5.41, 5.74) is 1.37. The zero-order chi connectivity index (χ0) is 19.4. The van der Waals surface area contributed by atoms with E-state index in [2.05, 4.69) is 24.5 Å². The van der Waals surface area contributed by atoms with E-state index in [0.717, 1.165) is 11.1 Å². The summed E-state index contributed by atoms with van der Waals surface area (Å²) in [7, 11) is 0. The van der Waals surface area contributed by atoms with E-state index in [9.17, 15) is 9.50 Å². The van der Waals surface area contributed by atoms with E-state index >= 15 is 0 Å². The number of hydrogen-bond acceptors (Lipinski definition) is 3. The Morgan fingerprint density at radius 1 is 1.22 bits per heavy atom. The third-order valence-electron chi connectivity index (χ3n) is 5.32. The predicted octanol–water partition coefficient (Wildman–Crippen LogP) is 4.10. The van der Waals surface area contributed by atoms with Crippen molar-refractivity contribution in [1.29, 1.82) is 0 Å². The molecule has 0 aromatic heterocycles. The van der Waals surface area contributed by atoms with Crippen LogP contribution in [0.25, 0.3) is 0 Å². The molecule has 4 rings (SSSR count). The summed E-state index contributed by atoms with van der Waals surface area (Å²) in [6, 6.07) is 10.1. The van der Waals surface area contributed by atoms with E-state index in [0.29, 0.717) is 29.3 Å². The maximum absolute atomic E-state index is 14.7. The zero-order valence-electron chi connectivity index (χ0n) is 15.6. The molecule has 0 unspecified atom stereocenters. The number of phenolic OH excluding ortho intramolecular Hbond substituents is 1. The molecule has 2 atom stereocenters. The fraction of sp³-hybridized carbons (Fsp3) is 0.381. The molecule has 1 saturated heterocycles. The molecule has 2 aliphatic rings. The first-order valence-corrected chi connectivity index (χ1v) is 9.46. The molecule has 0 radical (unpaired) electrons. The van der Waals surface area contributed by atoms with Crippen LogP contribution < -0.4 is 15.4 Å². The van der Waals surface area contributed by atoms with Crippen LogP contribution in [0.1, 0.15) is 49.3 Å². The Morgan fingerprint density at radius 2 is 1.96 bits per heavy atom. The van der Waals surface area contributed by atoms with Gasteiger partial charge in [-0.15, -0.1) is 0 Å². The van der Waals surface area contributed by atoms with Crippen LogP contribution in [0.2, 0.25) is 0 Å². The summed E-state index contributed by atoms with van der Waals surface area (Å²) in [6.07, 6.45) is 1.18. The van der Waals surface area contributed by atoms with Crippen molar-refractivity contribution in [3.05, 3.63) is 58.9 Å². The van der Waals surface area contributed by atoms with Crippen molar-refractivity contribution in [2.45, 2.75) is 50.8 Å². The second-order valence-corrected chi connectivity index (χ2v) is 8.60. The van der Waals surface area contributed by atoms with Crippen molar-refractivity contribution >= 4 is 17.3 Å². The molecule has 2 aliphatic heterocycles. The molecule has 27 heavy (non-hydrogen) atoms. The number of benzene rings is 2. The summed E-state index contributed by atoms with van der Waals surface area (Å²) in [6.45, 7) is 6.04. The van der Waals surface area contributed by atoms with Crippen LogP contribution >= 0.6 is 12.2 Å². The molecular formula is C21H23FN2O2S. The molecule has 0 amide bonds. The van der Waals surface area contributed by atoms with Crippen molar-refractivity contribution in [3.63, 3.8) is 0 Å². The summed E-state index contributed by atoms with van der Waals surface area (Å²) >= 11 is 5.41. The van der Waals surface area contributed by atoms with Gasteiger partial charge in [-0.25, -0.2) is 4.39 Å². The Balaban J connectivity index is 1.89. The van der Waals surface area contributed by atoms with Crippen LogP contribution in [0.4, 0.5) is 4.39 Å². The van der Waals surface area contributed by atoms with Gasteiger partial charge < -0.3 is 20.5 Å². The zero-order valence-corrected chi connectivity index (χ0v) is 16.4. The highest BCUT2D eigenvalue weighted by Crippen LogP contribution is 2.49. The largest absolute Gasteiger partial charge is 0.508 e. The lowest BCUT2D eigenvalue weighted by molar-refractivity contribution is -0.0132. The van der Waals surface area contributed by atoms with Crippen LogP contribution in [0, 0.1) is 12.7 Å². The highest BCUT2D eigenvalue weighted by molar-refractivity contribution is 7.80. The summed E-state index contributed by atoms with van der Waals surface area (Å²) in [4.78, 5) is 0. The lowest BCUT2D eigenvalue weighted by atomic mass is 9.76. The maximum atomic E-state index is 14.7. The second kappa shape index (κ2) is 6.09. The monoisotopic (exact) mass is 386 g/mol. The molecule has 6 heteroatoms. The van der Waals surface area contributed by atoms with E-state index in [1.807, 2.05) is 19.1 Å².